The first-order valence-electron chi connectivity index (χ1n) is 10.7. The maximum atomic E-state index is 6.61. The number of halogens is 2. The van der Waals surface area contributed by atoms with Gasteiger partial charge in [-0.1, -0.05) is 41.8 Å². The first-order valence-corrected chi connectivity index (χ1v) is 11.4. The van der Waals surface area contributed by atoms with Gasteiger partial charge in [-0.15, -0.1) is 0 Å². The summed E-state index contributed by atoms with van der Waals surface area (Å²) < 4.78 is 5.59. The molecule has 0 spiro atoms. The van der Waals surface area contributed by atoms with E-state index in [2.05, 4.69) is 33.2 Å². The van der Waals surface area contributed by atoms with Gasteiger partial charge in [0.2, 0.25) is 0 Å². The number of ether oxygens (including phenoxy) is 1. The Bertz CT molecular complexity index is 655. The fraction of sp³-hybridized carbons (Fsp3) is 0.714. The van der Waals surface area contributed by atoms with E-state index in [1.165, 1.54) is 19.3 Å². The lowest BCUT2D eigenvalue weighted by atomic mass is 9.93. The molecule has 28 heavy (non-hydrogen) atoms. The van der Waals surface area contributed by atoms with Crippen LogP contribution in [-0.2, 0) is 4.74 Å². The summed E-state index contributed by atoms with van der Waals surface area (Å²) in [5.74, 6) is 0. The summed E-state index contributed by atoms with van der Waals surface area (Å²) in [4.78, 5) is 2.65. The van der Waals surface area contributed by atoms with Crippen LogP contribution in [0.1, 0.15) is 37.8 Å². The quantitative estimate of drug-likeness (QED) is 0.796. The van der Waals surface area contributed by atoms with Crippen molar-refractivity contribution in [1.82, 2.24) is 20.2 Å². The van der Waals surface area contributed by atoms with Crippen LogP contribution < -0.4 is 5.32 Å². The van der Waals surface area contributed by atoms with Crippen LogP contribution in [0.2, 0.25) is 10.0 Å². The molecule has 3 fully saturated rings. The van der Waals surface area contributed by atoms with Gasteiger partial charge in [0.15, 0.2) is 0 Å². The molecule has 3 saturated heterocycles. The highest BCUT2D eigenvalue weighted by Crippen LogP contribution is 2.36. The number of piperazine rings is 1. The summed E-state index contributed by atoms with van der Waals surface area (Å²) >= 11 is 12.9. The molecule has 0 aliphatic carbocycles. The Morgan fingerprint density at radius 2 is 1.93 bits per heavy atom. The van der Waals surface area contributed by atoms with Gasteiger partial charge in [0.05, 0.1) is 23.3 Å². The highest BCUT2D eigenvalue weighted by atomic mass is 35.5. The van der Waals surface area contributed by atoms with Gasteiger partial charge in [-0.3, -0.25) is 4.90 Å². The molecule has 1 aromatic carbocycles. The Morgan fingerprint density at radius 3 is 2.75 bits per heavy atom. The van der Waals surface area contributed by atoms with Crippen LogP contribution in [0.15, 0.2) is 18.2 Å². The molecule has 5 nitrogen and oxygen atoms in total. The number of nitrogens with zero attached hydrogens (tertiary/aromatic N) is 3. The van der Waals surface area contributed by atoms with Crippen molar-refractivity contribution in [3.05, 3.63) is 33.8 Å². The van der Waals surface area contributed by atoms with E-state index in [0.29, 0.717) is 22.1 Å². The molecule has 0 saturated carbocycles. The first kappa shape index (κ1) is 20.9. The monoisotopic (exact) mass is 426 g/mol. The normalized spacial score (nSPS) is 29.7. The molecule has 3 unspecified atom stereocenters. The van der Waals surface area contributed by atoms with E-state index in [-0.39, 0.29) is 6.04 Å². The largest absolute Gasteiger partial charge is 0.379 e. The fourth-order valence-corrected chi connectivity index (χ4v) is 5.52. The molecule has 3 aliphatic heterocycles. The molecule has 1 N–H and O–H groups in total. The van der Waals surface area contributed by atoms with Crippen LogP contribution in [0, 0.1) is 0 Å². The molecule has 3 aliphatic rings. The van der Waals surface area contributed by atoms with Gasteiger partial charge < -0.3 is 10.1 Å². The van der Waals surface area contributed by atoms with Crippen molar-refractivity contribution in [1.29, 1.82) is 0 Å². The van der Waals surface area contributed by atoms with Gasteiger partial charge in [-0.2, -0.15) is 0 Å². The molecule has 1 aromatic rings. The van der Waals surface area contributed by atoms with E-state index in [1.54, 1.807) is 0 Å². The van der Waals surface area contributed by atoms with Crippen molar-refractivity contribution in [3.63, 3.8) is 0 Å². The van der Waals surface area contributed by atoms with Gasteiger partial charge >= 0.3 is 0 Å². The highest BCUT2D eigenvalue weighted by Gasteiger charge is 2.38. The smallest absolute Gasteiger partial charge is 0.0640 e. The van der Waals surface area contributed by atoms with Crippen LogP contribution in [0.5, 0.6) is 0 Å². The van der Waals surface area contributed by atoms with Crippen molar-refractivity contribution >= 4 is 23.2 Å². The van der Waals surface area contributed by atoms with Crippen molar-refractivity contribution < 1.29 is 4.74 Å². The van der Waals surface area contributed by atoms with E-state index >= 15 is 0 Å². The molecule has 156 valence electrons. The average molecular weight is 427 g/mol. The van der Waals surface area contributed by atoms with Crippen LogP contribution in [-0.4, -0.2) is 79.5 Å². The third-order valence-electron chi connectivity index (χ3n) is 6.58. The molecule has 0 bridgehead atoms. The number of piperidine rings is 1. The second-order valence-electron chi connectivity index (χ2n) is 8.13. The zero-order chi connectivity index (χ0) is 19.5. The molecule has 3 heterocycles. The molecule has 0 amide bonds. The number of hydrogen-bond donors (Lipinski definition) is 1. The van der Waals surface area contributed by atoms with Gasteiger partial charge in [0.25, 0.3) is 0 Å². The van der Waals surface area contributed by atoms with Crippen molar-refractivity contribution in [3.8, 4) is 0 Å². The summed E-state index contributed by atoms with van der Waals surface area (Å²) in [6, 6.07) is 7.26. The van der Waals surface area contributed by atoms with Crippen molar-refractivity contribution in [2.45, 2.75) is 44.3 Å². The minimum absolute atomic E-state index is 0.253. The summed E-state index contributed by atoms with van der Waals surface area (Å²) in [7, 11) is 0. The van der Waals surface area contributed by atoms with Gasteiger partial charge in [-0.25, -0.2) is 10.0 Å². The van der Waals surface area contributed by atoms with Crippen LogP contribution in [0.3, 0.4) is 0 Å². The van der Waals surface area contributed by atoms with Crippen molar-refractivity contribution in [2.75, 3.05) is 52.5 Å². The standard InChI is InChI=1S/C21H32Cl2N4O/c1-16(19-7-2-3-9-27(19)25-11-13-28-14-12-25)26-10-8-24-15-20(26)17-5-4-6-18(22)21(17)23/h4-6,16,19-20,24H,2-3,7-15H2,1H3. The SMILES string of the molecule is CC(C1CCCCN1N1CCOCC1)N1CCNCC1c1cccc(Cl)c1Cl. The number of nitrogens with one attached hydrogen (secondary N) is 1. The van der Waals surface area contributed by atoms with E-state index in [0.717, 1.165) is 58.0 Å². The predicted molar refractivity (Wildman–Crippen MR) is 115 cm³/mol. The highest BCUT2D eigenvalue weighted by molar-refractivity contribution is 6.42. The second kappa shape index (κ2) is 9.61. The molecule has 0 radical (unpaired) electrons. The minimum Gasteiger partial charge on any atom is -0.379 e. The number of hydrazine groups is 1. The van der Waals surface area contributed by atoms with E-state index in [1.807, 2.05) is 12.1 Å². The Balaban J connectivity index is 1.56. The Kier molecular flexibility index (Phi) is 7.16. The number of benzene rings is 1. The second-order valence-corrected chi connectivity index (χ2v) is 8.92. The predicted octanol–water partition coefficient (Wildman–Crippen LogP) is 3.43. The third kappa shape index (κ3) is 4.36. The lowest BCUT2D eigenvalue weighted by Gasteiger charge is -2.51. The molecule has 7 heteroatoms. The summed E-state index contributed by atoms with van der Waals surface area (Å²) in [6.07, 6.45) is 3.84. The topological polar surface area (TPSA) is 31.0 Å². The summed E-state index contributed by atoms with van der Waals surface area (Å²) in [5, 5.41) is 10.1. The molecule has 4 rings (SSSR count). The lowest BCUT2D eigenvalue weighted by molar-refractivity contribution is -0.141. The number of hydrogen-bond acceptors (Lipinski definition) is 5. The average Bonchev–Trinajstić information content (AvgIpc) is 2.76. The minimum atomic E-state index is 0.253. The summed E-state index contributed by atoms with van der Waals surface area (Å²) in [5.41, 5.74) is 1.14. The fourth-order valence-electron chi connectivity index (χ4n) is 5.09. The van der Waals surface area contributed by atoms with Gasteiger partial charge in [-0.05, 0) is 31.4 Å². The molecule has 3 atom stereocenters. The van der Waals surface area contributed by atoms with E-state index in [4.69, 9.17) is 27.9 Å². The third-order valence-corrected chi connectivity index (χ3v) is 7.41. The number of rotatable bonds is 4. The van der Waals surface area contributed by atoms with Gasteiger partial charge in [0, 0.05) is 57.4 Å². The first-order chi connectivity index (χ1) is 13.7. The van der Waals surface area contributed by atoms with Crippen LogP contribution >= 0.6 is 23.2 Å². The zero-order valence-corrected chi connectivity index (χ0v) is 18.3. The van der Waals surface area contributed by atoms with Gasteiger partial charge in [0.1, 0.15) is 0 Å². The molecular formula is C21H32Cl2N4O. The maximum absolute atomic E-state index is 6.61. The van der Waals surface area contributed by atoms with E-state index in [9.17, 15) is 0 Å². The molecule has 0 aromatic heterocycles. The van der Waals surface area contributed by atoms with Crippen LogP contribution in [0.25, 0.3) is 0 Å². The maximum Gasteiger partial charge on any atom is 0.0640 e. The molecular weight excluding hydrogens is 395 g/mol. The zero-order valence-electron chi connectivity index (χ0n) is 16.7. The number of morpholine rings is 1. The van der Waals surface area contributed by atoms with E-state index < -0.39 is 0 Å². The lowest BCUT2D eigenvalue weighted by Crippen LogP contribution is -2.62. The Morgan fingerprint density at radius 1 is 1.11 bits per heavy atom. The Labute approximate surface area is 178 Å². The van der Waals surface area contributed by atoms with Crippen LogP contribution in [0.4, 0.5) is 0 Å². The summed E-state index contributed by atoms with van der Waals surface area (Å²) in [6.45, 7) is 10.2. The Hall–Kier alpha value is -0.400. The van der Waals surface area contributed by atoms with Crippen molar-refractivity contribution in [2.24, 2.45) is 0 Å².